The second-order valence-electron chi connectivity index (χ2n) is 7.34. The predicted octanol–water partition coefficient (Wildman–Crippen LogP) is 1.93. The van der Waals surface area contributed by atoms with E-state index in [1.54, 1.807) is 12.1 Å². The second-order valence-corrected chi connectivity index (χ2v) is 7.34. The Bertz CT molecular complexity index is 798. The summed E-state index contributed by atoms with van der Waals surface area (Å²) in [7, 11) is 0. The molecule has 0 saturated carbocycles. The maximum absolute atomic E-state index is 12.2. The zero-order valence-electron chi connectivity index (χ0n) is 15.2. The Balaban J connectivity index is 1.57. The third kappa shape index (κ3) is 3.85. The predicted molar refractivity (Wildman–Crippen MR) is 105 cm³/mol. The Morgan fingerprint density at radius 1 is 1.04 bits per heavy atom. The SMILES string of the molecule is O=C1NC(O)CC1CC1CN(c2ccccc2)CCN1c1cccc(O)c1. The van der Waals surface area contributed by atoms with Crippen molar-refractivity contribution in [2.24, 2.45) is 5.92 Å². The number of rotatable bonds is 4. The summed E-state index contributed by atoms with van der Waals surface area (Å²) in [5.41, 5.74) is 2.14. The molecule has 4 rings (SSSR count). The number of carbonyl (C=O) groups is 1. The third-order valence-electron chi connectivity index (χ3n) is 5.51. The first-order chi connectivity index (χ1) is 13.1. The van der Waals surface area contributed by atoms with Crippen LogP contribution in [0.2, 0.25) is 0 Å². The van der Waals surface area contributed by atoms with Crippen molar-refractivity contribution in [1.29, 1.82) is 0 Å². The molecule has 2 aliphatic rings. The van der Waals surface area contributed by atoms with Crippen LogP contribution in [0.25, 0.3) is 0 Å². The van der Waals surface area contributed by atoms with Gasteiger partial charge in [0.25, 0.3) is 0 Å². The number of hydrogen-bond acceptors (Lipinski definition) is 5. The van der Waals surface area contributed by atoms with Gasteiger partial charge >= 0.3 is 0 Å². The fourth-order valence-corrected chi connectivity index (χ4v) is 4.19. The Labute approximate surface area is 159 Å². The van der Waals surface area contributed by atoms with Crippen molar-refractivity contribution in [2.75, 3.05) is 29.4 Å². The quantitative estimate of drug-likeness (QED) is 0.770. The van der Waals surface area contributed by atoms with Crippen LogP contribution in [0.3, 0.4) is 0 Å². The molecule has 6 heteroatoms. The van der Waals surface area contributed by atoms with Gasteiger partial charge in [0.15, 0.2) is 0 Å². The molecule has 2 fully saturated rings. The molecule has 0 radical (unpaired) electrons. The van der Waals surface area contributed by atoms with E-state index in [0.29, 0.717) is 12.8 Å². The normalized spacial score (nSPS) is 25.5. The lowest BCUT2D eigenvalue weighted by Gasteiger charge is -2.44. The Morgan fingerprint density at radius 2 is 1.81 bits per heavy atom. The minimum atomic E-state index is -0.745. The molecule has 0 bridgehead atoms. The highest BCUT2D eigenvalue weighted by molar-refractivity contribution is 5.81. The van der Waals surface area contributed by atoms with Gasteiger partial charge in [-0.15, -0.1) is 0 Å². The van der Waals surface area contributed by atoms with Crippen LogP contribution in [0.1, 0.15) is 12.8 Å². The Kier molecular flexibility index (Phi) is 4.90. The van der Waals surface area contributed by atoms with Gasteiger partial charge in [0.1, 0.15) is 12.0 Å². The molecule has 142 valence electrons. The number of aromatic hydroxyl groups is 1. The summed E-state index contributed by atoms with van der Waals surface area (Å²) in [6.45, 7) is 2.47. The second kappa shape index (κ2) is 7.48. The van der Waals surface area contributed by atoms with Crippen LogP contribution in [0.15, 0.2) is 54.6 Å². The van der Waals surface area contributed by atoms with Crippen LogP contribution in [0.5, 0.6) is 5.75 Å². The molecule has 1 amide bonds. The average molecular weight is 367 g/mol. The molecule has 3 unspecified atom stereocenters. The first-order valence-corrected chi connectivity index (χ1v) is 9.44. The van der Waals surface area contributed by atoms with Crippen LogP contribution in [0, 0.1) is 5.92 Å². The van der Waals surface area contributed by atoms with E-state index >= 15 is 0 Å². The molecule has 2 saturated heterocycles. The van der Waals surface area contributed by atoms with Gasteiger partial charge in [-0.1, -0.05) is 24.3 Å². The number of carbonyl (C=O) groups excluding carboxylic acids is 1. The largest absolute Gasteiger partial charge is 0.508 e. The highest BCUT2D eigenvalue weighted by Gasteiger charge is 2.36. The van der Waals surface area contributed by atoms with E-state index in [4.69, 9.17) is 0 Å². The zero-order chi connectivity index (χ0) is 18.8. The van der Waals surface area contributed by atoms with Gasteiger partial charge < -0.3 is 25.3 Å². The standard InChI is InChI=1S/C21H25N3O3/c25-19-8-4-7-17(13-19)24-10-9-23(16-5-2-1-3-6-16)14-18(24)11-15-12-20(26)22-21(15)27/h1-8,13,15,18,20,25-26H,9-12,14H2,(H,22,27). The maximum atomic E-state index is 12.2. The molecule has 27 heavy (non-hydrogen) atoms. The monoisotopic (exact) mass is 367 g/mol. The third-order valence-corrected chi connectivity index (χ3v) is 5.51. The smallest absolute Gasteiger partial charge is 0.225 e. The Morgan fingerprint density at radius 3 is 2.52 bits per heavy atom. The van der Waals surface area contributed by atoms with E-state index in [2.05, 4.69) is 27.2 Å². The van der Waals surface area contributed by atoms with Crippen molar-refractivity contribution in [3.8, 4) is 5.75 Å². The van der Waals surface area contributed by atoms with Crippen molar-refractivity contribution in [1.82, 2.24) is 5.32 Å². The number of benzene rings is 2. The maximum Gasteiger partial charge on any atom is 0.225 e. The molecule has 2 aromatic carbocycles. The molecule has 0 aliphatic carbocycles. The number of phenolic OH excluding ortho intramolecular Hbond substituents is 1. The van der Waals surface area contributed by atoms with Gasteiger partial charge in [-0.2, -0.15) is 0 Å². The van der Waals surface area contributed by atoms with E-state index in [1.165, 1.54) is 5.69 Å². The van der Waals surface area contributed by atoms with Gasteiger partial charge in [0, 0.05) is 55.5 Å². The highest BCUT2D eigenvalue weighted by Crippen LogP contribution is 2.31. The van der Waals surface area contributed by atoms with E-state index in [1.807, 2.05) is 30.3 Å². The molecule has 2 aliphatic heterocycles. The van der Waals surface area contributed by atoms with Crippen LogP contribution in [0.4, 0.5) is 11.4 Å². The van der Waals surface area contributed by atoms with E-state index in [0.717, 1.165) is 25.3 Å². The zero-order valence-corrected chi connectivity index (χ0v) is 15.2. The minimum absolute atomic E-state index is 0.0739. The average Bonchev–Trinajstić information content (AvgIpc) is 2.99. The summed E-state index contributed by atoms with van der Waals surface area (Å²) in [6.07, 6.45) is 0.377. The number of phenols is 1. The van der Waals surface area contributed by atoms with Crippen LogP contribution >= 0.6 is 0 Å². The van der Waals surface area contributed by atoms with Gasteiger partial charge in [-0.3, -0.25) is 4.79 Å². The summed E-state index contributed by atoms with van der Waals surface area (Å²) in [5.74, 6) is -0.0264. The van der Waals surface area contributed by atoms with Crippen molar-refractivity contribution in [3.63, 3.8) is 0 Å². The number of hydrogen-bond donors (Lipinski definition) is 3. The number of nitrogens with one attached hydrogen (secondary N) is 1. The number of anilines is 2. The van der Waals surface area contributed by atoms with Crippen molar-refractivity contribution < 1.29 is 15.0 Å². The van der Waals surface area contributed by atoms with E-state index < -0.39 is 6.23 Å². The molecule has 2 heterocycles. The number of aliphatic hydroxyl groups is 1. The fourth-order valence-electron chi connectivity index (χ4n) is 4.19. The number of amides is 1. The van der Waals surface area contributed by atoms with Crippen molar-refractivity contribution >= 4 is 17.3 Å². The van der Waals surface area contributed by atoms with Crippen molar-refractivity contribution in [3.05, 3.63) is 54.6 Å². The van der Waals surface area contributed by atoms with Gasteiger partial charge in [-0.05, 0) is 30.7 Å². The molecular weight excluding hydrogens is 342 g/mol. The summed E-state index contributed by atoms with van der Waals surface area (Å²) in [4.78, 5) is 16.8. The van der Waals surface area contributed by atoms with Gasteiger partial charge in [0.2, 0.25) is 5.91 Å². The fraction of sp³-hybridized carbons (Fsp3) is 0.381. The minimum Gasteiger partial charge on any atom is -0.508 e. The Hall–Kier alpha value is -2.73. The first kappa shape index (κ1) is 17.7. The lowest BCUT2D eigenvalue weighted by atomic mass is 9.94. The van der Waals surface area contributed by atoms with E-state index in [-0.39, 0.29) is 23.6 Å². The summed E-state index contributed by atoms with van der Waals surface area (Å²) in [6, 6.07) is 17.7. The van der Waals surface area contributed by atoms with Gasteiger partial charge in [0.05, 0.1) is 0 Å². The topological polar surface area (TPSA) is 76.0 Å². The number of aliphatic hydroxyl groups excluding tert-OH is 1. The lowest BCUT2D eigenvalue weighted by molar-refractivity contribution is -0.123. The number of piperazine rings is 1. The van der Waals surface area contributed by atoms with E-state index in [9.17, 15) is 15.0 Å². The van der Waals surface area contributed by atoms with Crippen LogP contribution in [-0.2, 0) is 4.79 Å². The molecular formula is C21H25N3O3. The first-order valence-electron chi connectivity index (χ1n) is 9.44. The lowest BCUT2D eigenvalue weighted by Crippen LogP contribution is -2.54. The molecule has 2 aromatic rings. The molecule has 3 atom stereocenters. The van der Waals surface area contributed by atoms with Crippen LogP contribution < -0.4 is 15.1 Å². The summed E-state index contributed by atoms with van der Waals surface area (Å²) >= 11 is 0. The van der Waals surface area contributed by atoms with Crippen molar-refractivity contribution in [2.45, 2.75) is 25.1 Å². The number of nitrogens with zero attached hydrogens (tertiary/aromatic N) is 2. The van der Waals surface area contributed by atoms with Gasteiger partial charge in [-0.25, -0.2) is 0 Å². The molecule has 6 nitrogen and oxygen atoms in total. The van der Waals surface area contributed by atoms with Crippen LogP contribution in [-0.4, -0.2) is 48.0 Å². The number of para-hydroxylation sites is 1. The molecule has 0 spiro atoms. The molecule has 3 N–H and O–H groups in total. The molecule has 0 aromatic heterocycles. The summed E-state index contributed by atoms with van der Waals surface area (Å²) < 4.78 is 0. The highest BCUT2D eigenvalue weighted by atomic mass is 16.3. The summed E-state index contributed by atoms with van der Waals surface area (Å²) in [5, 5.41) is 22.3.